The summed E-state index contributed by atoms with van der Waals surface area (Å²) in [6.07, 6.45) is -0.120. The highest BCUT2D eigenvalue weighted by Crippen LogP contribution is 2.32. The predicted molar refractivity (Wildman–Crippen MR) is 107 cm³/mol. The Morgan fingerprint density at radius 1 is 0.828 bits per heavy atom. The Morgan fingerprint density at radius 3 is 2.21 bits per heavy atom. The van der Waals surface area contributed by atoms with Crippen molar-refractivity contribution in [2.45, 2.75) is 0 Å². The van der Waals surface area contributed by atoms with Crippen LogP contribution in [0.5, 0.6) is 23.3 Å². The number of nitrogens with zero attached hydrogens (tertiary/aromatic N) is 2. The lowest BCUT2D eigenvalue weighted by atomic mass is 10.0. The van der Waals surface area contributed by atoms with Crippen molar-refractivity contribution in [1.82, 2.24) is 9.78 Å². The number of hydrogen-bond acceptors (Lipinski definition) is 6. The minimum absolute atomic E-state index is 0.120. The van der Waals surface area contributed by atoms with Crippen molar-refractivity contribution in [3.8, 4) is 40.1 Å². The molecule has 1 aromatic heterocycles. The van der Waals surface area contributed by atoms with Crippen LogP contribution in [0.25, 0.3) is 16.8 Å². The van der Waals surface area contributed by atoms with Gasteiger partial charge in [0.1, 0.15) is 5.75 Å². The van der Waals surface area contributed by atoms with Gasteiger partial charge in [-0.2, -0.15) is 4.68 Å². The lowest BCUT2D eigenvalue weighted by Crippen LogP contribution is -2.13. The van der Waals surface area contributed by atoms with Gasteiger partial charge in [-0.1, -0.05) is 41.5 Å². The van der Waals surface area contributed by atoms with Crippen molar-refractivity contribution in [2.24, 2.45) is 0 Å². The van der Waals surface area contributed by atoms with Gasteiger partial charge in [0.15, 0.2) is 11.5 Å². The molecule has 0 aliphatic heterocycles. The van der Waals surface area contributed by atoms with Gasteiger partial charge in [0.2, 0.25) is 0 Å². The van der Waals surface area contributed by atoms with Crippen LogP contribution in [-0.4, -0.2) is 24.0 Å². The summed E-state index contributed by atoms with van der Waals surface area (Å²) >= 11 is 0. The van der Waals surface area contributed by atoms with Crippen LogP contribution in [0.3, 0.4) is 0 Å². The minimum Gasteiger partial charge on any atom is -0.493 e. The van der Waals surface area contributed by atoms with E-state index < -0.39 is 5.76 Å². The summed E-state index contributed by atoms with van der Waals surface area (Å²) in [5.74, 6) is 1.21. The molecule has 146 valence electrons. The van der Waals surface area contributed by atoms with E-state index in [4.69, 9.17) is 18.6 Å². The molecule has 0 saturated carbocycles. The van der Waals surface area contributed by atoms with Crippen LogP contribution >= 0.6 is 0 Å². The second-order valence-corrected chi connectivity index (χ2v) is 6.08. The molecule has 7 heteroatoms. The van der Waals surface area contributed by atoms with Crippen LogP contribution in [0.4, 0.5) is 0 Å². The molecule has 0 saturated heterocycles. The maximum absolute atomic E-state index is 12.2. The molecule has 0 spiro atoms. The van der Waals surface area contributed by atoms with Crippen LogP contribution in [0.15, 0.2) is 82.0 Å². The zero-order valence-electron chi connectivity index (χ0n) is 15.9. The maximum atomic E-state index is 12.2. The van der Waals surface area contributed by atoms with Gasteiger partial charge in [-0.05, 0) is 47.5 Å². The fourth-order valence-electron chi connectivity index (χ4n) is 2.87. The molecule has 0 aliphatic carbocycles. The van der Waals surface area contributed by atoms with Crippen molar-refractivity contribution >= 4 is 0 Å². The fraction of sp³-hybridized carbons (Fsp3) is 0.0909. The molecule has 0 bridgehead atoms. The van der Waals surface area contributed by atoms with E-state index >= 15 is 0 Å². The van der Waals surface area contributed by atoms with Crippen LogP contribution in [-0.2, 0) is 0 Å². The Kier molecular flexibility index (Phi) is 5.03. The molecule has 0 amide bonds. The van der Waals surface area contributed by atoms with E-state index in [2.05, 4.69) is 5.10 Å². The first-order valence-electron chi connectivity index (χ1n) is 8.84. The largest absolute Gasteiger partial charge is 0.493 e. The highest BCUT2D eigenvalue weighted by atomic mass is 16.6. The number of aromatic nitrogens is 2. The van der Waals surface area contributed by atoms with Crippen molar-refractivity contribution in [3.63, 3.8) is 0 Å². The molecule has 0 fully saturated rings. The number of benzene rings is 3. The first-order chi connectivity index (χ1) is 14.2. The molecule has 1 heterocycles. The third-order valence-electron chi connectivity index (χ3n) is 4.31. The van der Waals surface area contributed by atoms with E-state index in [-0.39, 0.29) is 6.08 Å². The topological polar surface area (TPSA) is 75.7 Å². The molecule has 0 N–H and O–H groups in total. The summed E-state index contributed by atoms with van der Waals surface area (Å²) < 4.78 is 22.3. The molecule has 0 unspecified atom stereocenters. The summed E-state index contributed by atoms with van der Waals surface area (Å²) in [6, 6.07) is 22.0. The lowest BCUT2D eigenvalue weighted by Gasteiger charge is -2.10. The lowest BCUT2D eigenvalue weighted by molar-refractivity contribution is 0.320. The summed E-state index contributed by atoms with van der Waals surface area (Å²) in [6.45, 7) is 0. The smallest absolute Gasteiger partial charge is 0.444 e. The third-order valence-corrected chi connectivity index (χ3v) is 4.31. The zero-order chi connectivity index (χ0) is 20.2. The van der Waals surface area contributed by atoms with Crippen molar-refractivity contribution in [3.05, 3.63) is 83.3 Å². The molecular formula is C22H18N2O5. The van der Waals surface area contributed by atoms with E-state index in [0.29, 0.717) is 22.9 Å². The van der Waals surface area contributed by atoms with E-state index in [1.807, 2.05) is 48.5 Å². The van der Waals surface area contributed by atoms with Crippen molar-refractivity contribution < 1.29 is 18.6 Å². The number of methoxy groups -OCH3 is 2. The zero-order valence-corrected chi connectivity index (χ0v) is 15.9. The third kappa shape index (κ3) is 3.84. The standard InChI is InChI=1S/C22H18N2O5/c1-26-19-13-10-16(14-20(19)27-2)15-8-11-17(12-9-15)24-22(25)29-21(23-24)28-18-6-4-3-5-7-18/h3-14H,1-2H3. The predicted octanol–water partition coefficient (Wildman–Crippen LogP) is 4.30. The Labute approximate surface area is 166 Å². The summed E-state index contributed by atoms with van der Waals surface area (Å²) in [5.41, 5.74) is 2.47. The number of rotatable bonds is 6. The van der Waals surface area contributed by atoms with E-state index in [9.17, 15) is 4.79 Å². The first-order valence-corrected chi connectivity index (χ1v) is 8.84. The van der Waals surface area contributed by atoms with Gasteiger partial charge in [0.25, 0.3) is 0 Å². The van der Waals surface area contributed by atoms with Gasteiger partial charge < -0.3 is 18.6 Å². The fourth-order valence-corrected chi connectivity index (χ4v) is 2.87. The maximum Gasteiger partial charge on any atom is 0.444 e. The highest BCUT2D eigenvalue weighted by Gasteiger charge is 2.12. The molecule has 0 radical (unpaired) electrons. The van der Waals surface area contributed by atoms with E-state index in [1.165, 1.54) is 0 Å². The van der Waals surface area contributed by atoms with Gasteiger partial charge in [0.05, 0.1) is 19.9 Å². The van der Waals surface area contributed by atoms with Gasteiger partial charge in [-0.3, -0.25) is 0 Å². The van der Waals surface area contributed by atoms with E-state index in [0.717, 1.165) is 15.8 Å². The Bertz CT molecular complexity index is 1160. The van der Waals surface area contributed by atoms with Gasteiger partial charge >= 0.3 is 11.8 Å². The summed E-state index contributed by atoms with van der Waals surface area (Å²) in [4.78, 5) is 12.2. The molecule has 3 aromatic carbocycles. The Hall–Kier alpha value is -4.00. The van der Waals surface area contributed by atoms with Crippen LogP contribution in [0, 0.1) is 0 Å². The first kappa shape index (κ1) is 18.4. The highest BCUT2D eigenvalue weighted by molar-refractivity contribution is 5.68. The average Bonchev–Trinajstić information content (AvgIpc) is 3.14. The molecule has 0 aliphatic rings. The summed E-state index contributed by atoms with van der Waals surface area (Å²) in [7, 11) is 3.19. The Morgan fingerprint density at radius 2 is 1.52 bits per heavy atom. The second kappa shape index (κ2) is 7.93. The van der Waals surface area contributed by atoms with Crippen molar-refractivity contribution in [2.75, 3.05) is 14.2 Å². The molecule has 0 atom stereocenters. The molecule has 29 heavy (non-hydrogen) atoms. The molecule has 4 rings (SSSR count). The number of para-hydroxylation sites is 1. The molecular weight excluding hydrogens is 372 g/mol. The molecule has 7 nitrogen and oxygen atoms in total. The van der Waals surface area contributed by atoms with Gasteiger partial charge in [-0.15, -0.1) is 0 Å². The molecule has 4 aromatic rings. The van der Waals surface area contributed by atoms with Crippen molar-refractivity contribution in [1.29, 1.82) is 0 Å². The second-order valence-electron chi connectivity index (χ2n) is 6.08. The van der Waals surface area contributed by atoms with E-state index in [1.54, 1.807) is 38.5 Å². The number of hydrogen-bond donors (Lipinski definition) is 0. The van der Waals surface area contributed by atoms with Crippen LogP contribution in [0.1, 0.15) is 0 Å². The van der Waals surface area contributed by atoms with Crippen LogP contribution in [0.2, 0.25) is 0 Å². The average molecular weight is 390 g/mol. The van der Waals surface area contributed by atoms with Gasteiger partial charge in [0, 0.05) is 0 Å². The normalized spacial score (nSPS) is 10.6. The summed E-state index contributed by atoms with van der Waals surface area (Å²) in [5, 5.41) is 4.11. The number of ether oxygens (including phenoxy) is 3. The van der Waals surface area contributed by atoms with Crippen LogP contribution < -0.4 is 20.0 Å². The Balaban J connectivity index is 1.59. The van der Waals surface area contributed by atoms with Gasteiger partial charge in [-0.25, -0.2) is 4.79 Å². The monoisotopic (exact) mass is 390 g/mol. The SMILES string of the molecule is COc1ccc(-c2ccc(-n3nc(Oc4ccccc4)oc3=O)cc2)cc1OC. The quantitative estimate of drug-likeness (QED) is 0.489. The minimum atomic E-state index is -0.630.